The standard InChI is InChI=1S/C32H30ClF3N6O3S/c33-25-18-21(7-12-26(25)35)28-19-23(38-32(39-28)41-16-14-40(15-17-41)29-5-2-1-4-27(29)36)20-37-31(43)30-6-3-13-42(30)46(44,45)24-10-8-22(34)9-11-24/h1-2,4-5,7-12,18-19,30H,3,6,13-17,20H2,(H,37,43)/t30-/m0/s1. The molecule has 0 saturated carbocycles. The minimum absolute atomic E-state index is 0.0353. The molecule has 1 atom stereocenters. The molecule has 1 aromatic heterocycles. The molecule has 14 heteroatoms. The second-order valence-electron chi connectivity index (χ2n) is 11.0. The molecule has 46 heavy (non-hydrogen) atoms. The maximum Gasteiger partial charge on any atom is 0.243 e. The van der Waals surface area contributed by atoms with E-state index in [0.29, 0.717) is 67.6 Å². The van der Waals surface area contributed by atoms with Crippen LogP contribution in [0.5, 0.6) is 0 Å². The van der Waals surface area contributed by atoms with Crippen LogP contribution in [-0.2, 0) is 21.4 Å². The highest BCUT2D eigenvalue weighted by Gasteiger charge is 2.39. The summed E-state index contributed by atoms with van der Waals surface area (Å²) in [6.45, 7) is 2.14. The van der Waals surface area contributed by atoms with Crippen LogP contribution in [0.15, 0.2) is 77.7 Å². The second kappa shape index (κ2) is 13.3. The quantitative estimate of drug-likeness (QED) is 0.282. The van der Waals surface area contributed by atoms with Crippen molar-refractivity contribution in [3.8, 4) is 11.3 Å². The number of amides is 1. The molecule has 3 heterocycles. The second-order valence-corrected chi connectivity index (χ2v) is 13.3. The lowest BCUT2D eigenvalue weighted by Gasteiger charge is -2.36. The zero-order valence-corrected chi connectivity index (χ0v) is 26.1. The van der Waals surface area contributed by atoms with E-state index < -0.39 is 33.6 Å². The van der Waals surface area contributed by atoms with Gasteiger partial charge in [0.05, 0.1) is 33.5 Å². The van der Waals surface area contributed by atoms with Crippen molar-refractivity contribution >= 4 is 39.2 Å². The molecular weight excluding hydrogens is 641 g/mol. The number of piperazine rings is 1. The lowest BCUT2D eigenvalue weighted by molar-refractivity contribution is -0.124. The van der Waals surface area contributed by atoms with Gasteiger partial charge in [0.1, 0.15) is 23.5 Å². The van der Waals surface area contributed by atoms with Crippen LogP contribution < -0.4 is 15.1 Å². The maximum absolute atomic E-state index is 14.4. The van der Waals surface area contributed by atoms with E-state index in [-0.39, 0.29) is 28.8 Å². The minimum atomic E-state index is -4.03. The summed E-state index contributed by atoms with van der Waals surface area (Å²) >= 11 is 6.06. The van der Waals surface area contributed by atoms with Gasteiger partial charge in [-0.05, 0) is 73.5 Å². The van der Waals surface area contributed by atoms with Crippen molar-refractivity contribution in [1.29, 1.82) is 0 Å². The monoisotopic (exact) mass is 670 g/mol. The first-order chi connectivity index (χ1) is 22.1. The zero-order chi connectivity index (χ0) is 32.4. The molecular formula is C32H30ClF3N6O3S. The van der Waals surface area contributed by atoms with Crippen molar-refractivity contribution < 1.29 is 26.4 Å². The number of hydrogen-bond acceptors (Lipinski definition) is 7. The Morgan fingerprint density at radius 3 is 2.30 bits per heavy atom. The summed E-state index contributed by atoms with van der Waals surface area (Å²) in [5.74, 6) is -1.56. The molecule has 0 unspecified atom stereocenters. The van der Waals surface area contributed by atoms with Gasteiger partial charge in [0.25, 0.3) is 0 Å². The highest BCUT2D eigenvalue weighted by Crippen LogP contribution is 2.29. The van der Waals surface area contributed by atoms with Crippen LogP contribution in [0.2, 0.25) is 5.02 Å². The number of anilines is 2. The summed E-state index contributed by atoms with van der Waals surface area (Å²) in [5.41, 5.74) is 1.95. The van der Waals surface area contributed by atoms with Crippen molar-refractivity contribution in [3.63, 3.8) is 0 Å². The van der Waals surface area contributed by atoms with Crippen LogP contribution in [0, 0.1) is 17.5 Å². The Kier molecular flexibility index (Phi) is 9.16. The Morgan fingerprint density at radius 2 is 1.59 bits per heavy atom. The topological polar surface area (TPSA) is 98.7 Å². The summed E-state index contributed by atoms with van der Waals surface area (Å²) in [7, 11) is -4.03. The van der Waals surface area contributed by atoms with Gasteiger partial charge in [-0.25, -0.2) is 31.6 Å². The number of carbonyl (C=O) groups excluding carboxylic acids is 1. The third-order valence-electron chi connectivity index (χ3n) is 8.11. The first-order valence-electron chi connectivity index (χ1n) is 14.7. The fourth-order valence-electron chi connectivity index (χ4n) is 5.70. The molecule has 9 nitrogen and oxygen atoms in total. The zero-order valence-electron chi connectivity index (χ0n) is 24.5. The lowest BCUT2D eigenvalue weighted by Crippen LogP contribution is -2.47. The number of carbonyl (C=O) groups is 1. The Bertz CT molecular complexity index is 1860. The normalized spacial score (nSPS) is 17.3. The molecule has 2 aliphatic rings. The average molecular weight is 671 g/mol. The molecule has 3 aromatic carbocycles. The Balaban J connectivity index is 1.22. The number of sulfonamides is 1. The van der Waals surface area contributed by atoms with Crippen LogP contribution in [-0.4, -0.2) is 67.4 Å². The molecule has 1 amide bonds. The van der Waals surface area contributed by atoms with Crippen LogP contribution in [0.25, 0.3) is 11.3 Å². The summed E-state index contributed by atoms with van der Waals surface area (Å²) < 4.78 is 69.5. The van der Waals surface area contributed by atoms with Crippen LogP contribution in [0.1, 0.15) is 18.5 Å². The van der Waals surface area contributed by atoms with Gasteiger partial charge in [0.2, 0.25) is 21.9 Å². The van der Waals surface area contributed by atoms with Gasteiger partial charge in [-0.2, -0.15) is 4.31 Å². The van der Waals surface area contributed by atoms with Gasteiger partial charge in [-0.3, -0.25) is 4.79 Å². The van der Waals surface area contributed by atoms with Gasteiger partial charge >= 0.3 is 0 Å². The van der Waals surface area contributed by atoms with E-state index in [9.17, 15) is 26.4 Å². The molecule has 0 aliphatic carbocycles. The molecule has 2 saturated heterocycles. The van der Waals surface area contributed by atoms with Crippen LogP contribution in [0.4, 0.5) is 24.8 Å². The van der Waals surface area contributed by atoms with E-state index in [1.807, 2.05) is 9.80 Å². The molecule has 2 aliphatic heterocycles. The number of hydrogen-bond donors (Lipinski definition) is 1. The number of benzene rings is 3. The van der Waals surface area contributed by atoms with E-state index in [0.717, 1.165) is 16.4 Å². The van der Waals surface area contributed by atoms with Crippen molar-refractivity contribution in [2.45, 2.75) is 30.3 Å². The number of rotatable bonds is 8. The van der Waals surface area contributed by atoms with E-state index >= 15 is 0 Å². The predicted octanol–water partition coefficient (Wildman–Crippen LogP) is 5.01. The molecule has 0 spiro atoms. The lowest BCUT2D eigenvalue weighted by atomic mass is 10.1. The van der Waals surface area contributed by atoms with E-state index in [2.05, 4.69) is 5.32 Å². The Labute approximate surface area is 269 Å². The van der Waals surface area contributed by atoms with Gasteiger partial charge in [0.15, 0.2) is 0 Å². The fraction of sp³-hybridized carbons (Fsp3) is 0.281. The Morgan fingerprint density at radius 1 is 0.870 bits per heavy atom. The molecule has 240 valence electrons. The van der Waals surface area contributed by atoms with Crippen LogP contribution >= 0.6 is 11.6 Å². The molecule has 4 aromatic rings. The van der Waals surface area contributed by atoms with E-state index in [1.54, 1.807) is 30.3 Å². The first kappa shape index (κ1) is 31.8. The van der Waals surface area contributed by atoms with E-state index in [4.69, 9.17) is 21.6 Å². The number of halogens is 4. The van der Waals surface area contributed by atoms with Gasteiger partial charge < -0.3 is 15.1 Å². The smallest absolute Gasteiger partial charge is 0.243 e. The van der Waals surface area contributed by atoms with E-state index in [1.165, 1.54) is 30.3 Å². The summed E-state index contributed by atoms with van der Waals surface area (Å²) in [4.78, 5) is 26.6. The summed E-state index contributed by atoms with van der Waals surface area (Å²) in [5, 5.41) is 2.74. The van der Waals surface area contributed by atoms with Crippen molar-refractivity contribution in [3.05, 3.63) is 101 Å². The number of nitrogens with zero attached hydrogens (tertiary/aromatic N) is 5. The van der Waals surface area contributed by atoms with Crippen molar-refractivity contribution in [2.24, 2.45) is 0 Å². The molecule has 0 radical (unpaired) electrons. The van der Waals surface area contributed by atoms with Gasteiger partial charge in [0, 0.05) is 38.3 Å². The largest absolute Gasteiger partial charge is 0.366 e. The molecule has 0 bridgehead atoms. The average Bonchev–Trinajstić information content (AvgIpc) is 3.57. The number of aromatic nitrogens is 2. The molecule has 6 rings (SSSR count). The molecule has 1 N–H and O–H groups in total. The Hall–Kier alpha value is -4.20. The fourth-order valence-corrected chi connectivity index (χ4v) is 7.54. The minimum Gasteiger partial charge on any atom is -0.366 e. The van der Waals surface area contributed by atoms with Crippen LogP contribution in [0.3, 0.4) is 0 Å². The maximum atomic E-state index is 14.4. The SMILES string of the molecule is O=C(NCc1cc(-c2ccc(F)c(Cl)c2)nc(N2CCN(c3ccccc3F)CC2)n1)[C@@H]1CCCN1S(=O)(=O)c1ccc(F)cc1. The highest BCUT2D eigenvalue weighted by atomic mass is 35.5. The third kappa shape index (κ3) is 6.67. The summed E-state index contributed by atoms with van der Waals surface area (Å²) in [6.07, 6.45) is 0.817. The molecule has 2 fully saturated rings. The van der Waals surface area contributed by atoms with Crippen molar-refractivity contribution in [2.75, 3.05) is 42.5 Å². The predicted molar refractivity (Wildman–Crippen MR) is 168 cm³/mol. The van der Waals surface area contributed by atoms with Gasteiger partial charge in [-0.15, -0.1) is 0 Å². The highest BCUT2D eigenvalue weighted by molar-refractivity contribution is 7.89. The number of para-hydroxylation sites is 1. The van der Waals surface area contributed by atoms with Crippen molar-refractivity contribution in [1.82, 2.24) is 19.6 Å². The summed E-state index contributed by atoms with van der Waals surface area (Å²) in [6, 6.07) is 16.0. The first-order valence-corrected chi connectivity index (χ1v) is 16.5. The third-order valence-corrected chi connectivity index (χ3v) is 10.3. The number of nitrogens with one attached hydrogen (secondary N) is 1. The van der Waals surface area contributed by atoms with Gasteiger partial charge in [-0.1, -0.05) is 23.7 Å².